The van der Waals surface area contributed by atoms with Gasteiger partial charge in [-0.3, -0.25) is 4.90 Å². The molecule has 2 heteroatoms. The average Bonchev–Trinajstić information content (AvgIpc) is 2.90. The van der Waals surface area contributed by atoms with Gasteiger partial charge in [-0.05, 0) is 24.3 Å². The fourth-order valence-corrected chi connectivity index (χ4v) is 2.43. The van der Waals surface area contributed by atoms with Crippen molar-refractivity contribution >= 4 is 11.4 Å². The van der Waals surface area contributed by atoms with Crippen molar-refractivity contribution in [1.82, 2.24) is 0 Å². The molecular weight excluding hydrogens is 208 g/mol. The van der Waals surface area contributed by atoms with E-state index < -0.39 is 0 Å². The van der Waals surface area contributed by atoms with Crippen LogP contribution in [0.1, 0.15) is 0 Å². The van der Waals surface area contributed by atoms with Crippen molar-refractivity contribution in [3.05, 3.63) is 60.7 Å². The molecule has 1 atom stereocenters. The highest BCUT2D eigenvalue weighted by molar-refractivity contribution is 5.46. The second-order valence-electron chi connectivity index (χ2n) is 4.48. The minimum atomic E-state index is 1.06. The van der Waals surface area contributed by atoms with Crippen LogP contribution in [0.5, 0.6) is 0 Å². The van der Waals surface area contributed by atoms with E-state index in [1.165, 1.54) is 17.9 Å². The maximum atomic E-state index is 2.45. The van der Waals surface area contributed by atoms with Gasteiger partial charge < -0.3 is 4.90 Å². The predicted molar refractivity (Wildman–Crippen MR) is 70.6 cm³/mol. The number of benzene rings is 2. The highest BCUT2D eigenvalue weighted by atomic mass is 15.4. The van der Waals surface area contributed by atoms with E-state index in [0.29, 0.717) is 0 Å². The third-order valence-electron chi connectivity index (χ3n) is 3.37. The lowest BCUT2D eigenvalue weighted by atomic mass is 10.3. The zero-order valence-electron chi connectivity index (χ0n) is 9.84. The molecule has 1 fully saturated rings. The Morgan fingerprint density at radius 1 is 0.824 bits per heavy atom. The molecule has 0 bridgehead atoms. The quantitative estimate of drug-likeness (QED) is 0.817. The van der Waals surface area contributed by atoms with Crippen LogP contribution in [0.4, 0.5) is 11.4 Å². The molecule has 0 aliphatic carbocycles. The molecular formula is C15H17N2+. The van der Waals surface area contributed by atoms with Gasteiger partial charge >= 0.3 is 0 Å². The second kappa shape index (κ2) is 4.60. The van der Waals surface area contributed by atoms with Crippen LogP contribution in [-0.4, -0.2) is 19.8 Å². The van der Waals surface area contributed by atoms with E-state index in [-0.39, 0.29) is 0 Å². The normalized spacial score (nSPS) is 19.5. The summed E-state index contributed by atoms with van der Waals surface area (Å²) in [6.45, 7) is 3.38. The number of nitrogens with zero attached hydrogens (tertiary/aromatic N) is 1. The Hall–Kier alpha value is -1.80. The maximum absolute atomic E-state index is 2.45. The number of hydrogen-bond donors (Lipinski definition) is 1. The molecule has 0 amide bonds. The minimum absolute atomic E-state index is 1.06. The lowest BCUT2D eigenvalue weighted by molar-refractivity contribution is -0.817. The van der Waals surface area contributed by atoms with Crippen molar-refractivity contribution in [2.24, 2.45) is 0 Å². The Morgan fingerprint density at radius 3 is 2.18 bits per heavy atom. The van der Waals surface area contributed by atoms with E-state index in [0.717, 1.165) is 13.2 Å². The summed E-state index contributed by atoms with van der Waals surface area (Å²) in [4.78, 5) is 4.00. The number of rotatable bonds is 2. The average molecular weight is 225 g/mol. The smallest absolute Gasteiger partial charge is 0.157 e. The number of anilines is 1. The molecule has 86 valence electrons. The molecule has 0 radical (unpaired) electrons. The van der Waals surface area contributed by atoms with Crippen LogP contribution in [0.25, 0.3) is 0 Å². The van der Waals surface area contributed by atoms with Gasteiger partial charge in [0.15, 0.2) is 6.67 Å². The van der Waals surface area contributed by atoms with Crippen molar-refractivity contribution in [3.63, 3.8) is 0 Å². The summed E-state index contributed by atoms with van der Waals surface area (Å²) in [6.07, 6.45) is 0. The molecule has 1 unspecified atom stereocenters. The number of hydrogen-bond acceptors (Lipinski definition) is 1. The number of quaternary nitrogens is 1. The SMILES string of the molecule is c1ccc(N2CC[NH+](c3ccccc3)C2)cc1. The predicted octanol–water partition coefficient (Wildman–Crippen LogP) is 1.68. The van der Waals surface area contributed by atoms with Gasteiger partial charge in [-0.2, -0.15) is 0 Å². The summed E-state index contributed by atoms with van der Waals surface area (Å²) in [5.41, 5.74) is 2.73. The molecule has 2 aromatic rings. The Balaban J connectivity index is 1.75. The monoisotopic (exact) mass is 225 g/mol. The molecule has 3 rings (SSSR count). The summed E-state index contributed by atoms with van der Waals surface area (Å²) < 4.78 is 0. The van der Waals surface area contributed by atoms with Gasteiger partial charge in [0.1, 0.15) is 12.2 Å². The van der Waals surface area contributed by atoms with Crippen LogP contribution in [0.2, 0.25) is 0 Å². The van der Waals surface area contributed by atoms with Crippen LogP contribution < -0.4 is 9.80 Å². The van der Waals surface area contributed by atoms with Crippen LogP contribution >= 0.6 is 0 Å². The van der Waals surface area contributed by atoms with E-state index in [9.17, 15) is 0 Å². The maximum Gasteiger partial charge on any atom is 0.157 e. The van der Waals surface area contributed by atoms with Gasteiger partial charge in [0.05, 0.1) is 6.54 Å². The summed E-state index contributed by atoms with van der Waals surface area (Å²) >= 11 is 0. The lowest BCUT2D eigenvalue weighted by Crippen LogP contribution is -3.05. The molecule has 1 N–H and O–H groups in total. The van der Waals surface area contributed by atoms with Crippen molar-refractivity contribution < 1.29 is 4.90 Å². The minimum Gasteiger partial charge on any atom is -0.319 e. The lowest BCUT2D eigenvalue weighted by Gasteiger charge is -2.16. The molecule has 2 nitrogen and oxygen atoms in total. The summed E-state index contributed by atoms with van der Waals surface area (Å²) in [5.74, 6) is 0. The molecule has 1 saturated heterocycles. The summed E-state index contributed by atoms with van der Waals surface area (Å²) in [5, 5.41) is 0. The summed E-state index contributed by atoms with van der Waals surface area (Å²) in [7, 11) is 0. The molecule has 1 heterocycles. The first-order chi connectivity index (χ1) is 8.43. The Kier molecular flexibility index (Phi) is 2.80. The fraction of sp³-hybridized carbons (Fsp3) is 0.200. The van der Waals surface area contributed by atoms with E-state index >= 15 is 0 Å². The number of para-hydroxylation sites is 2. The van der Waals surface area contributed by atoms with Crippen LogP contribution in [0.3, 0.4) is 0 Å². The molecule has 0 aromatic heterocycles. The Morgan fingerprint density at radius 2 is 1.47 bits per heavy atom. The van der Waals surface area contributed by atoms with Gasteiger partial charge in [-0.15, -0.1) is 0 Å². The Bertz CT molecular complexity index is 421. The largest absolute Gasteiger partial charge is 0.319 e. The van der Waals surface area contributed by atoms with E-state index in [1.807, 2.05) is 0 Å². The fourth-order valence-electron chi connectivity index (χ4n) is 2.43. The van der Waals surface area contributed by atoms with E-state index in [1.54, 1.807) is 4.90 Å². The first-order valence-electron chi connectivity index (χ1n) is 6.13. The molecule has 17 heavy (non-hydrogen) atoms. The molecule has 1 aliphatic rings. The Labute approximate surface area is 102 Å². The van der Waals surface area contributed by atoms with Gasteiger partial charge in [-0.1, -0.05) is 36.4 Å². The van der Waals surface area contributed by atoms with E-state index in [4.69, 9.17) is 0 Å². The van der Waals surface area contributed by atoms with Crippen LogP contribution in [-0.2, 0) is 0 Å². The van der Waals surface area contributed by atoms with Crippen LogP contribution in [0.15, 0.2) is 60.7 Å². The molecule has 0 spiro atoms. The summed E-state index contributed by atoms with van der Waals surface area (Å²) in [6, 6.07) is 21.4. The first kappa shape index (κ1) is 10.4. The van der Waals surface area contributed by atoms with Gasteiger partial charge in [0.25, 0.3) is 0 Å². The van der Waals surface area contributed by atoms with Crippen molar-refractivity contribution in [3.8, 4) is 0 Å². The van der Waals surface area contributed by atoms with Crippen LogP contribution in [0, 0.1) is 0 Å². The van der Waals surface area contributed by atoms with Gasteiger partial charge in [0, 0.05) is 5.69 Å². The highest BCUT2D eigenvalue weighted by Gasteiger charge is 2.24. The molecule has 2 aromatic carbocycles. The third-order valence-corrected chi connectivity index (χ3v) is 3.37. The van der Waals surface area contributed by atoms with Gasteiger partial charge in [-0.25, -0.2) is 0 Å². The molecule has 1 aliphatic heterocycles. The van der Waals surface area contributed by atoms with Crippen molar-refractivity contribution in [1.29, 1.82) is 0 Å². The standard InChI is InChI=1S/C15H16N2/c1-3-7-14(8-4-1)16-11-12-17(13-16)15-9-5-2-6-10-15/h1-10H,11-13H2/p+1. The van der Waals surface area contributed by atoms with Gasteiger partial charge in [0.2, 0.25) is 0 Å². The third kappa shape index (κ3) is 2.17. The molecule has 0 saturated carbocycles. The highest BCUT2D eigenvalue weighted by Crippen LogP contribution is 2.13. The first-order valence-corrected chi connectivity index (χ1v) is 6.13. The zero-order chi connectivity index (χ0) is 11.5. The van der Waals surface area contributed by atoms with Crippen molar-refractivity contribution in [2.75, 3.05) is 24.7 Å². The topological polar surface area (TPSA) is 7.68 Å². The number of nitrogens with one attached hydrogen (secondary N) is 1. The van der Waals surface area contributed by atoms with Crippen molar-refractivity contribution in [2.45, 2.75) is 0 Å². The zero-order valence-corrected chi connectivity index (χ0v) is 9.84. The second-order valence-corrected chi connectivity index (χ2v) is 4.48. The van der Waals surface area contributed by atoms with E-state index in [2.05, 4.69) is 65.6 Å².